The van der Waals surface area contributed by atoms with Gasteiger partial charge in [-0.25, -0.2) is 4.98 Å². The summed E-state index contributed by atoms with van der Waals surface area (Å²) in [4.78, 5) is 12.6. The smallest absolute Gasteiger partial charge is 0.234 e. The molecule has 0 aliphatic carbocycles. The standard InChI is InChI=1S/C11H13N5O.ClH/c1-11(2-3-13-7-11)10-15-9(16-17-10)8-6-12-4-5-14-8;/h4-6,13H,2-3,7H2,1H3;1H. The van der Waals surface area contributed by atoms with Crippen LogP contribution in [0.2, 0.25) is 0 Å². The Labute approximate surface area is 111 Å². The number of rotatable bonds is 2. The van der Waals surface area contributed by atoms with E-state index in [0.717, 1.165) is 19.5 Å². The van der Waals surface area contributed by atoms with E-state index in [4.69, 9.17) is 4.52 Å². The minimum atomic E-state index is -0.0620. The van der Waals surface area contributed by atoms with E-state index in [0.29, 0.717) is 17.4 Å². The largest absolute Gasteiger partial charge is 0.338 e. The van der Waals surface area contributed by atoms with Gasteiger partial charge in [0.2, 0.25) is 11.7 Å². The Morgan fingerprint density at radius 3 is 2.94 bits per heavy atom. The molecule has 0 bridgehead atoms. The molecule has 1 atom stereocenters. The minimum absolute atomic E-state index is 0. The van der Waals surface area contributed by atoms with Gasteiger partial charge in [0.15, 0.2) is 0 Å². The lowest BCUT2D eigenvalue weighted by atomic mass is 9.90. The summed E-state index contributed by atoms with van der Waals surface area (Å²) in [6.45, 7) is 3.98. The van der Waals surface area contributed by atoms with Gasteiger partial charge in [0.25, 0.3) is 0 Å². The molecule has 2 aromatic heterocycles. The molecule has 3 rings (SSSR count). The Hall–Kier alpha value is -1.53. The highest BCUT2D eigenvalue weighted by Gasteiger charge is 2.36. The summed E-state index contributed by atoms with van der Waals surface area (Å²) >= 11 is 0. The summed E-state index contributed by atoms with van der Waals surface area (Å²) in [5.41, 5.74) is 0.574. The van der Waals surface area contributed by atoms with E-state index in [1.54, 1.807) is 18.6 Å². The van der Waals surface area contributed by atoms with E-state index in [-0.39, 0.29) is 17.8 Å². The Morgan fingerprint density at radius 2 is 2.28 bits per heavy atom. The first kappa shape index (κ1) is 12.9. The van der Waals surface area contributed by atoms with Crippen LogP contribution in [0.15, 0.2) is 23.1 Å². The monoisotopic (exact) mass is 267 g/mol. The van der Waals surface area contributed by atoms with Gasteiger partial charge >= 0.3 is 0 Å². The van der Waals surface area contributed by atoms with Crippen molar-refractivity contribution in [2.24, 2.45) is 0 Å². The summed E-state index contributed by atoms with van der Waals surface area (Å²) < 4.78 is 5.34. The van der Waals surface area contributed by atoms with E-state index in [2.05, 4.69) is 32.3 Å². The maximum absolute atomic E-state index is 5.34. The Morgan fingerprint density at radius 1 is 1.39 bits per heavy atom. The summed E-state index contributed by atoms with van der Waals surface area (Å²) in [5.74, 6) is 1.17. The SMILES string of the molecule is CC1(c2nc(-c3cnccn3)no2)CCNC1.Cl. The lowest BCUT2D eigenvalue weighted by Crippen LogP contribution is -2.25. The second-order valence-corrected chi connectivity index (χ2v) is 4.50. The highest BCUT2D eigenvalue weighted by Crippen LogP contribution is 2.29. The first-order valence-corrected chi connectivity index (χ1v) is 5.59. The second-order valence-electron chi connectivity index (χ2n) is 4.50. The van der Waals surface area contributed by atoms with Crippen molar-refractivity contribution in [3.8, 4) is 11.5 Å². The van der Waals surface area contributed by atoms with Gasteiger partial charge in [-0.1, -0.05) is 5.16 Å². The average Bonchev–Trinajstić information content (AvgIpc) is 2.99. The van der Waals surface area contributed by atoms with Gasteiger partial charge in [-0.05, 0) is 19.9 Å². The highest BCUT2D eigenvalue weighted by atomic mass is 35.5. The van der Waals surface area contributed by atoms with Crippen molar-refractivity contribution in [2.75, 3.05) is 13.1 Å². The lowest BCUT2D eigenvalue weighted by molar-refractivity contribution is 0.306. The van der Waals surface area contributed by atoms with Crippen molar-refractivity contribution in [2.45, 2.75) is 18.8 Å². The Kier molecular flexibility index (Phi) is 3.58. The molecular formula is C11H14ClN5O. The highest BCUT2D eigenvalue weighted by molar-refractivity contribution is 5.85. The normalized spacial score (nSPS) is 22.7. The van der Waals surface area contributed by atoms with Crippen LogP contribution in [-0.4, -0.2) is 33.2 Å². The fourth-order valence-electron chi connectivity index (χ4n) is 1.99. The first-order valence-electron chi connectivity index (χ1n) is 5.59. The van der Waals surface area contributed by atoms with Crippen molar-refractivity contribution in [3.05, 3.63) is 24.5 Å². The van der Waals surface area contributed by atoms with E-state index >= 15 is 0 Å². The summed E-state index contributed by atoms with van der Waals surface area (Å²) in [6, 6.07) is 0. The summed E-state index contributed by atoms with van der Waals surface area (Å²) in [7, 11) is 0. The zero-order valence-corrected chi connectivity index (χ0v) is 10.8. The van der Waals surface area contributed by atoms with Crippen molar-refractivity contribution < 1.29 is 4.52 Å². The average molecular weight is 268 g/mol. The number of hydrogen-bond donors (Lipinski definition) is 1. The molecule has 0 saturated carbocycles. The van der Waals surface area contributed by atoms with Gasteiger partial charge in [0.05, 0.1) is 11.6 Å². The molecule has 18 heavy (non-hydrogen) atoms. The Bertz CT molecular complexity index is 509. The molecule has 0 amide bonds. The quantitative estimate of drug-likeness (QED) is 0.881. The van der Waals surface area contributed by atoms with Gasteiger partial charge < -0.3 is 9.84 Å². The number of nitrogens with one attached hydrogen (secondary N) is 1. The van der Waals surface area contributed by atoms with Gasteiger partial charge in [0.1, 0.15) is 5.69 Å². The van der Waals surface area contributed by atoms with E-state index in [1.807, 2.05) is 0 Å². The molecule has 1 saturated heterocycles. The Balaban J connectivity index is 0.00000120. The molecule has 1 aliphatic rings. The minimum Gasteiger partial charge on any atom is -0.338 e. The van der Waals surface area contributed by atoms with Crippen LogP contribution in [0.3, 0.4) is 0 Å². The molecule has 1 aliphatic heterocycles. The van der Waals surface area contributed by atoms with Gasteiger partial charge in [0, 0.05) is 18.9 Å². The lowest BCUT2D eigenvalue weighted by Gasteiger charge is -2.15. The second kappa shape index (κ2) is 4.99. The fraction of sp³-hybridized carbons (Fsp3) is 0.455. The van der Waals surface area contributed by atoms with Gasteiger partial charge in [-0.2, -0.15) is 4.98 Å². The van der Waals surface area contributed by atoms with Crippen LogP contribution in [0.1, 0.15) is 19.2 Å². The molecule has 1 unspecified atom stereocenters. The number of hydrogen-bond acceptors (Lipinski definition) is 6. The molecule has 6 nitrogen and oxygen atoms in total. The van der Waals surface area contributed by atoms with Crippen molar-refractivity contribution in [3.63, 3.8) is 0 Å². The van der Waals surface area contributed by atoms with Crippen molar-refractivity contribution in [1.82, 2.24) is 25.4 Å². The van der Waals surface area contributed by atoms with Crippen molar-refractivity contribution >= 4 is 12.4 Å². The molecule has 3 heterocycles. The third-order valence-electron chi connectivity index (χ3n) is 3.10. The third-order valence-corrected chi connectivity index (χ3v) is 3.10. The van der Waals surface area contributed by atoms with Crippen molar-refractivity contribution in [1.29, 1.82) is 0 Å². The zero-order valence-electron chi connectivity index (χ0n) is 9.96. The number of nitrogens with zero attached hydrogens (tertiary/aromatic N) is 4. The topological polar surface area (TPSA) is 76.7 Å². The van der Waals surface area contributed by atoms with Crippen LogP contribution in [-0.2, 0) is 5.41 Å². The van der Waals surface area contributed by atoms with E-state index < -0.39 is 0 Å². The van der Waals surface area contributed by atoms with Gasteiger partial charge in [-0.15, -0.1) is 12.4 Å². The molecule has 1 N–H and O–H groups in total. The van der Waals surface area contributed by atoms with E-state index in [1.165, 1.54) is 0 Å². The molecule has 0 aromatic carbocycles. The molecule has 0 radical (unpaired) electrons. The van der Waals surface area contributed by atoms with Crippen LogP contribution in [0, 0.1) is 0 Å². The van der Waals surface area contributed by atoms with Crippen LogP contribution in [0.5, 0.6) is 0 Å². The maximum Gasteiger partial charge on any atom is 0.234 e. The summed E-state index contributed by atoms with van der Waals surface area (Å²) in [6.07, 6.45) is 5.87. The van der Waals surface area contributed by atoms with Gasteiger partial charge in [-0.3, -0.25) is 4.98 Å². The first-order chi connectivity index (χ1) is 8.28. The van der Waals surface area contributed by atoms with Crippen LogP contribution in [0.4, 0.5) is 0 Å². The maximum atomic E-state index is 5.34. The summed E-state index contributed by atoms with van der Waals surface area (Å²) in [5, 5.41) is 7.26. The number of halogens is 1. The van der Waals surface area contributed by atoms with Crippen LogP contribution in [0.25, 0.3) is 11.5 Å². The van der Waals surface area contributed by atoms with Crippen LogP contribution >= 0.6 is 12.4 Å². The molecular weight excluding hydrogens is 254 g/mol. The molecule has 2 aromatic rings. The molecule has 1 fully saturated rings. The zero-order chi connectivity index (χ0) is 11.7. The fourth-order valence-corrected chi connectivity index (χ4v) is 1.99. The third kappa shape index (κ3) is 2.21. The predicted molar refractivity (Wildman–Crippen MR) is 67.4 cm³/mol. The predicted octanol–water partition coefficient (Wildman–Crippen LogP) is 1.20. The van der Waals surface area contributed by atoms with Crippen LogP contribution < -0.4 is 5.32 Å². The molecule has 7 heteroatoms. The molecule has 96 valence electrons. The molecule has 0 spiro atoms. The number of aromatic nitrogens is 4. The van der Waals surface area contributed by atoms with E-state index in [9.17, 15) is 0 Å².